The van der Waals surface area contributed by atoms with Gasteiger partial charge in [0.2, 0.25) is 5.91 Å². The van der Waals surface area contributed by atoms with Crippen LogP contribution in [-0.4, -0.2) is 25.0 Å². The average molecular weight is 248 g/mol. The minimum Gasteiger partial charge on any atom is -0.355 e. The third-order valence-electron chi connectivity index (χ3n) is 3.04. The van der Waals surface area contributed by atoms with Crippen LogP contribution in [0.5, 0.6) is 0 Å². The van der Waals surface area contributed by atoms with Gasteiger partial charge in [-0.25, -0.2) is 0 Å². The molecule has 0 saturated heterocycles. The lowest BCUT2D eigenvalue weighted by molar-refractivity contribution is -0.120. The zero-order valence-electron chi connectivity index (χ0n) is 11.6. The Bertz CT molecular complexity index is 377. The van der Waals surface area contributed by atoms with Crippen molar-refractivity contribution in [3.63, 3.8) is 0 Å². The molecule has 0 aliphatic rings. The van der Waals surface area contributed by atoms with Gasteiger partial charge in [0.1, 0.15) is 0 Å². The molecule has 3 heteroatoms. The minimum absolute atomic E-state index is 0.0722. The molecule has 0 aliphatic carbocycles. The van der Waals surface area contributed by atoms with Crippen molar-refractivity contribution >= 4 is 5.91 Å². The summed E-state index contributed by atoms with van der Waals surface area (Å²) in [7, 11) is 0. The number of nitrogens with one attached hydrogen (secondary N) is 2. The van der Waals surface area contributed by atoms with Crippen molar-refractivity contribution in [1.82, 2.24) is 10.6 Å². The topological polar surface area (TPSA) is 41.1 Å². The van der Waals surface area contributed by atoms with E-state index in [2.05, 4.69) is 55.7 Å². The Hall–Kier alpha value is -1.35. The molecular weight excluding hydrogens is 224 g/mol. The van der Waals surface area contributed by atoms with E-state index in [1.807, 2.05) is 0 Å². The second-order valence-corrected chi connectivity index (χ2v) is 4.78. The summed E-state index contributed by atoms with van der Waals surface area (Å²) in [6.07, 6.45) is 1.92. The van der Waals surface area contributed by atoms with Crippen LogP contribution in [0, 0.1) is 6.92 Å². The highest BCUT2D eigenvalue weighted by molar-refractivity contribution is 5.77. The summed E-state index contributed by atoms with van der Waals surface area (Å²) < 4.78 is 0. The molecule has 0 saturated carbocycles. The van der Waals surface area contributed by atoms with E-state index >= 15 is 0 Å². The van der Waals surface area contributed by atoms with Crippen molar-refractivity contribution in [2.45, 2.75) is 39.7 Å². The van der Waals surface area contributed by atoms with Gasteiger partial charge in [0.05, 0.1) is 6.54 Å². The largest absolute Gasteiger partial charge is 0.355 e. The van der Waals surface area contributed by atoms with Crippen molar-refractivity contribution in [2.24, 2.45) is 0 Å². The van der Waals surface area contributed by atoms with Crippen LogP contribution in [0.15, 0.2) is 24.3 Å². The Morgan fingerprint density at radius 1 is 1.39 bits per heavy atom. The Balaban J connectivity index is 2.19. The van der Waals surface area contributed by atoms with Crippen molar-refractivity contribution in [1.29, 1.82) is 0 Å². The van der Waals surface area contributed by atoms with Gasteiger partial charge in [-0.05, 0) is 32.3 Å². The minimum atomic E-state index is 0.0722. The van der Waals surface area contributed by atoms with Crippen LogP contribution in [-0.2, 0) is 11.2 Å². The van der Waals surface area contributed by atoms with Gasteiger partial charge in [-0.3, -0.25) is 4.79 Å². The number of amides is 1. The molecule has 0 aromatic heterocycles. The van der Waals surface area contributed by atoms with Gasteiger partial charge in [-0.1, -0.05) is 36.8 Å². The SMILES string of the molecule is CCC(C)NCC(=O)NCCc1cccc(C)c1. The fourth-order valence-electron chi connectivity index (χ4n) is 1.69. The fraction of sp³-hybridized carbons (Fsp3) is 0.533. The molecule has 0 radical (unpaired) electrons. The average Bonchev–Trinajstić information content (AvgIpc) is 2.36. The molecule has 3 nitrogen and oxygen atoms in total. The van der Waals surface area contributed by atoms with Gasteiger partial charge >= 0.3 is 0 Å². The maximum atomic E-state index is 11.5. The van der Waals surface area contributed by atoms with E-state index in [1.165, 1.54) is 11.1 Å². The second kappa shape index (κ2) is 7.88. The smallest absolute Gasteiger partial charge is 0.233 e. The Kier molecular flexibility index (Phi) is 6.44. The molecule has 1 amide bonds. The lowest BCUT2D eigenvalue weighted by atomic mass is 10.1. The molecule has 0 spiro atoms. The van der Waals surface area contributed by atoms with Crippen LogP contribution in [0.1, 0.15) is 31.4 Å². The van der Waals surface area contributed by atoms with Gasteiger partial charge in [0, 0.05) is 12.6 Å². The van der Waals surface area contributed by atoms with Crippen molar-refractivity contribution in [3.05, 3.63) is 35.4 Å². The number of aryl methyl sites for hydroxylation is 1. The van der Waals surface area contributed by atoms with Crippen LogP contribution in [0.25, 0.3) is 0 Å². The molecule has 100 valence electrons. The molecule has 0 bridgehead atoms. The van der Waals surface area contributed by atoms with Gasteiger partial charge in [-0.15, -0.1) is 0 Å². The molecule has 18 heavy (non-hydrogen) atoms. The maximum absolute atomic E-state index is 11.5. The Morgan fingerprint density at radius 3 is 2.83 bits per heavy atom. The van der Waals surface area contributed by atoms with Crippen LogP contribution in [0.2, 0.25) is 0 Å². The molecule has 0 heterocycles. The molecule has 1 aromatic carbocycles. The van der Waals surface area contributed by atoms with E-state index in [4.69, 9.17) is 0 Å². The van der Waals surface area contributed by atoms with E-state index in [1.54, 1.807) is 0 Å². The summed E-state index contributed by atoms with van der Waals surface area (Å²) in [5.41, 5.74) is 2.53. The maximum Gasteiger partial charge on any atom is 0.233 e. The quantitative estimate of drug-likeness (QED) is 0.775. The first-order valence-electron chi connectivity index (χ1n) is 6.67. The second-order valence-electron chi connectivity index (χ2n) is 4.78. The predicted molar refractivity (Wildman–Crippen MR) is 75.6 cm³/mol. The highest BCUT2D eigenvalue weighted by Gasteiger charge is 2.03. The molecule has 0 aliphatic heterocycles. The molecule has 0 fully saturated rings. The molecule has 2 N–H and O–H groups in total. The van der Waals surface area contributed by atoms with E-state index < -0.39 is 0 Å². The first-order chi connectivity index (χ1) is 8.61. The standard InChI is InChI=1S/C15H24N2O/c1-4-13(3)17-11-15(18)16-9-8-14-7-5-6-12(2)10-14/h5-7,10,13,17H,4,8-9,11H2,1-3H3,(H,16,18). The summed E-state index contributed by atoms with van der Waals surface area (Å²) in [4.78, 5) is 11.5. The summed E-state index contributed by atoms with van der Waals surface area (Å²) in [5.74, 6) is 0.0722. The number of carbonyl (C=O) groups excluding carboxylic acids is 1. The third kappa shape index (κ3) is 5.82. The summed E-state index contributed by atoms with van der Waals surface area (Å²) in [6.45, 7) is 7.37. The highest BCUT2D eigenvalue weighted by Crippen LogP contribution is 2.03. The van der Waals surface area contributed by atoms with Crippen molar-refractivity contribution < 1.29 is 4.79 Å². The van der Waals surface area contributed by atoms with Gasteiger partial charge in [-0.2, -0.15) is 0 Å². The number of benzene rings is 1. The normalized spacial score (nSPS) is 12.2. The van der Waals surface area contributed by atoms with Gasteiger partial charge in [0.25, 0.3) is 0 Å². The zero-order valence-corrected chi connectivity index (χ0v) is 11.6. The number of carbonyl (C=O) groups is 1. The first kappa shape index (κ1) is 14.7. The van der Waals surface area contributed by atoms with Crippen LogP contribution >= 0.6 is 0 Å². The lowest BCUT2D eigenvalue weighted by Crippen LogP contribution is -2.38. The predicted octanol–water partition coefficient (Wildman–Crippen LogP) is 2.04. The van der Waals surface area contributed by atoms with Gasteiger partial charge < -0.3 is 10.6 Å². The Morgan fingerprint density at radius 2 is 2.17 bits per heavy atom. The molecular formula is C15H24N2O. The van der Waals surface area contributed by atoms with E-state index in [0.29, 0.717) is 19.1 Å². The molecule has 1 atom stereocenters. The highest BCUT2D eigenvalue weighted by atomic mass is 16.1. The van der Waals surface area contributed by atoms with E-state index in [-0.39, 0.29) is 5.91 Å². The third-order valence-corrected chi connectivity index (χ3v) is 3.04. The van der Waals surface area contributed by atoms with Gasteiger partial charge in [0.15, 0.2) is 0 Å². The number of hydrogen-bond acceptors (Lipinski definition) is 2. The molecule has 1 aromatic rings. The lowest BCUT2D eigenvalue weighted by Gasteiger charge is -2.11. The van der Waals surface area contributed by atoms with E-state index in [0.717, 1.165) is 12.8 Å². The Labute approximate surface area is 110 Å². The monoisotopic (exact) mass is 248 g/mol. The first-order valence-corrected chi connectivity index (χ1v) is 6.67. The summed E-state index contributed by atoms with van der Waals surface area (Å²) in [6, 6.07) is 8.78. The van der Waals surface area contributed by atoms with E-state index in [9.17, 15) is 4.79 Å². The molecule has 1 rings (SSSR count). The van der Waals surface area contributed by atoms with Crippen molar-refractivity contribution in [2.75, 3.05) is 13.1 Å². The van der Waals surface area contributed by atoms with Crippen molar-refractivity contribution in [3.8, 4) is 0 Å². The number of rotatable bonds is 7. The number of hydrogen-bond donors (Lipinski definition) is 2. The van der Waals surface area contributed by atoms with Crippen LogP contribution < -0.4 is 10.6 Å². The molecule has 1 unspecified atom stereocenters. The van der Waals surface area contributed by atoms with Crippen LogP contribution in [0.3, 0.4) is 0 Å². The fourth-order valence-corrected chi connectivity index (χ4v) is 1.69. The summed E-state index contributed by atoms with van der Waals surface area (Å²) in [5, 5.41) is 6.11. The summed E-state index contributed by atoms with van der Waals surface area (Å²) >= 11 is 0. The van der Waals surface area contributed by atoms with Crippen LogP contribution in [0.4, 0.5) is 0 Å². The zero-order chi connectivity index (χ0) is 13.4.